The lowest BCUT2D eigenvalue weighted by atomic mass is 9.86. The van der Waals surface area contributed by atoms with E-state index in [1.54, 1.807) is 19.2 Å². The van der Waals surface area contributed by atoms with E-state index in [4.69, 9.17) is 14.7 Å². The highest BCUT2D eigenvalue weighted by Gasteiger charge is 2.22. The van der Waals surface area contributed by atoms with Crippen LogP contribution >= 0.6 is 0 Å². The second kappa shape index (κ2) is 10.1. The van der Waals surface area contributed by atoms with Crippen LogP contribution in [0.25, 0.3) is 10.9 Å². The number of nitrogens with one attached hydrogen (secondary N) is 2. The normalized spacial score (nSPS) is 18.5. The third kappa shape index (κ3) is 5.27. The summed E-state index contributed by atoms with van der Waals surface area (Å²) in [5.41, 5.74) is 1.60. The molecular formula is C25H32FN5O. The lowest BCUT2D eigenvalue weighted by Crippen LogP contribution is -2.31. The van der Waals surface area contributed by atoms with Gasteiger partial charge in [0.15, 0.2) is 0 Å². The number of fused-ring (bicyclic) bond motifs is 1. The van der Waals surface area contributed by atoms with Crippen molar-refractivity contribution in [3.63, 3.8) is 0 Å². The van der Waals surface area contributed by atoms with Gasteiger partial charge in [0.05, 0.1) is 12.6 Å². The number of anilines is 2. The largest absolute Gasteiger partial charge is 0.497 e. The summed E-state index contributed by atoms with van der Waals surface area (Å²) >= 11 is 0. The number of methoxy groups -OCH3 is 1. The van der Waals surface area contributed by atoms with Crippen LogP contribution < -0.4 is 20.3 Å². The number of halogens is 1. The second-order valence-corrected chi connectivity index (χ2v) is 8.73. The molecule has 7 heteroatoms. The molecule has 1 aromatic heterocycles. The Kier molecular flexibility index (Phi) is 7.05. The van der Waals surface area contributed by atoms with Crippen molar-refractivity contribution >= 4 is 22.7 Å². The van der Waals surface area contributed by atoms with E-state index in [9.17, 15) is 4.39 Å². The first-order chi connectivity index (χ1) is 15.5. The van der Waals surface area contributed by atoms with E-state index < -0.39 is 0 Å². The van der Waals surface area contributed by atoms with Crippen LogP contribution in [0.15, 0.2) is 42.5 Å². The first-order valence-electron chi connectivity index (χ1n) is 11.3. The van der Waals surface area contributed by atoms with Gasteiger partial charge < -0.3 is 20.3 Å². The molecule has 4 rings (SSSR count). The maximum absolute atomic E-state index is 14.0. The Bertz CT molecular complexity index is 1050. The topological polar surface area (TPSA) is 62.3 Å². The number of rotatable bonds is 8. The molecule has 0 saturated heterocycles. The first kappa shape index (κ1) is 22.3. The minimum absolute atomic E-state index is 0.196. The fraction of sp³-hybridized carbons (Fsp3) is 0.440. The van der Waals surface area contributed by atoms with E-state index in [0.717, 1.165) is 48.9 Å². The summed E-state index contributed by atoms with van der Waals surface area (Å²) in [5.74, 6) is 2.71. The standard InChI is InChI=1S/C25H32FN5O/c1-31(2)24-21-6-4-5-7-23(21)29-25(30-24)28-19-10-8-17(9-11-19)15-27-16-18-14-20(32-3)12-13-22(18)26/h4-7,12-14,17,19,27H,8-11,15-16H2,1-3H3,(H,28,29,30)/t17-,19+. The molecule has 0 atom stereocenters. The molecule has 170 valence electrons. The molecule has 1 heterocycles. The van der Waals surface area contributed by atoms with Gasteiger partial charge in [0.1, 0.15) is 17.4 Å². The zero-order chi connectivity index (χ0) is 22.5. The quantitative estimate of drug-likeness (QED) is 0.537. The van der Waals surface area contributed by atoms with Gasteiger partial charge in [-0.25, -0.2) is 9.37 Å². The van der Waals surface area contributed by atoms with E-state index in [-0.39, 0.29) is 5.82 Å². The molecule has 1 aliphatic carbocycles. The summed E-state index contributed by atoms with van der Waals surface area (Å²) in [4.78, 5) is 11.5. The molecule has 6 nitrogen and oxygen atoms in total. The van der Waals surface area contributed by atoms with E-state index in [1.807, 2.05) is 37.2 Å². The summed E-state index contributed by atoms with van der Waals surface area (Å²) in [7, 11) is 5.61. The monoisotopic (exact) mass is 437 g/mol. The van der Waals surface area contributed by atoms with Gasteiger partial charge in [-0.2, -0.15) is 4.98 Å². The Morgan fingerprint density at radius 1 is 1.06 bits per heavy atom. The van der Waals surface area contributed by atoms with Crippen molar-refractivity contribution < 1.29 is 9.13 Å². The first-order valence-corrected chi connectivity index (χ1v) is 11.3. The van der Waals surface area contributed by atoms with E-state index in [2.05, 4.69) is 16.7 Å². The van der Waals surface area contributed by atoms with Crippen LogP contribution in [0, 0.1) is 11.7 Å². The van der Waals surface area contributed by atoms with Crippen LogP contribution in [0.1, 0.15) is 31.2 Å². The molecule has 0 unspecified atom stereocenters. The fourth-order valence-corrected chi connectivity index (χ4v) is 4.38. The van der Waals surface area contributed by atoms with Gasteiger partial charge >= 0.3 is 0 Å². The maximum Gasteiger partial charge on any atom is 0.225 e. The molecule has 0 radical (unpaired) electrons. The van der Waals surface area contributed by atoms with Crippen LogP contribution in [0.4, 0.5) is 16.2 Å². The summed E-state index contributed by atoms with van der Waals surface area (Å²) in [6.45, 7) is 1.40. The van der Waals surface area contributed by atoms with Crippen LogP contribution in [0.5, 0.6) is 5.75 Å². The van der Waals surface area contributed by atoms with Gasteiger partial charge in [-0.15, -0.1) is 0 Å². The van der Waals surface area contributed by atoms with E-state index in [1.165, 1.54) is 6.07 Å². The maximum atomic E-state index is 14.0. The predicted molar refractivity (Wildman–Crippen MR) is 128 cm³/mol. The smallest absolute Gasteiger partial charge is 0.225 e. The number of benzene rings is 2. The highest BCUT2D eigenvalue weighted by atomic mass is 19.1. The Morgan fingerprint density at radius 2 is 1.84 bits per heavy atom. The van der Waals surface area contributed by atoms with E-state index in [0.29, 0.717) is 35.8 Å². The molecule has 1 fully saturated rings. The van der Waals surface area contributed by atoms with Crippen LogP contribution in [-0.2, 0) is 6.54 Å². The van der Waals surface area contributed by atoms with Crippen molar-refractivity contribution in [3.05, 3.63) is 53.8 Å². The Morgan fingerprint density at radius 3 is 2.59 bits per heavy atom. The number of ether oxygens (including phenoxy) is 1. The molecule has 3 aromatic rings. The molecule has 2 aromatic carbocycles. The molecule has 1 saturated carbocycles. The SMILES string of the molecule is COc1ccc(F)c(CNC[C@H]2CC[C@@H](Nc3nc(N(C)C)c4ccccc4n3)CC2)c1. The molecule has 2 N–H and O–H groups in total. The molecular weight excluding hydrogens is 405 g/mol. The minimum atomic E-state index is -0.196. The minimum Gasteiger partial charge on any atom is -0.497 e. The van der Waals surface area contributed by atoms with Crippen molar-refractivity contribution in [1.29, 1.82) is 0 Å². The molecule has 0 aliphatic heterocycles. The number of aromatic nitrogens is 2. The zero-order valence-corrected chi connectivity index (χ0v) is 19.1. The average Bonchev–Trinajstić information content (AvgIpc) is 2.81. The summed E-state index contributed by atoms with van der Waals surface area (Å²) in [6, 6.07) is 13.4. The van der Waals surface area contributed by atoms with Crippen LogP contribution in [0.2, 0.25) is 0 Å². The van der Waals surface area contributed by atoms with Crippen LogP contribution in [-0.4, -0.2) is 43.8 Å². The van der Waals surface area contributed by atoms with Gasteiger partial charge in [0, 0.05) is 37.6 Å². The van der Waals surface area contributed by atoms with Crippen molar-refractivity contribution in [2.75, 3.05) is 38.0 Å². The molecule has 1 aliphatic rings. The number of para-hydroxylation sites is 1. The Labute approximate surface area is 189 Å². The van der Waals surface area contributed by atoms with Crippen molar-refractivity contribution in [2.45, 2.75) is 38.3 Å². The van der Waals surface area contributed by atoms with Crippen molar-refractivity contribution in [3.8, 4) is 5.75 Å². The molecule has 0 bridgehead atoms. The highest BCUT2D eigenvalue weighted by Crippen LogP contribution is 2.28. The third-order valence-corrected chi connectivity index (χ3v) is 6.19. The third-order valence-electron chi connectivity index (χ3n) is 6.19. The number of hydrogen-bond acceptors (Lipinski definition) is 6. The fourth-order valence-electron chi connectivity index (χ4n) is 4.38. The van der Waals surface area contributed by atoms with E-state index >= 15 is 0 Å². The Hall–Kier alpha value is -2.93. The number of hydrogen-bond donors (Lipinski definition) is 2. The van der Waals surface area contributed by atoms with Gasteiger partial charge in [-0.1, -0.05) is 12.1 Å². The molecule has 0 amide bonds. The van der Waals surface area contributed by atoms with Gasteiger partial charge in [-0.05, 0) is 68.5 Å². The summed E-state index contributed by atoms with van der Waals surface area (Å²) in [6.07, 6.45) is 4.40. The van der Waals surface area contributed by atoms with Crippen LogP contribution in [0.3, 0.4) is 0 Å². The molecule has 32 heavy (non-hydrogen) atoms. The van der Waals surface area contributed by atoms with Gasteiger partial charge in [0.25, 0.3) is 0 Å². The lowest BCUT2D eigenvalue weighted by molar-refractivity contribution is 0.323. The Balaban J connectivity index is 1.29. The average molecular weight is 438 g/mol. The lowest BCUT2D eigenvalue weighted by Gasteiger charge is -2.29. The number of nitrogens with zero attached hydrogens (tertiary/aromatic N) is 3. The van der Waals surface area contributed by atoms with Crippen molar-refractivity contribution in [2.24, 2.45) is 5.92 Å². The molecule has 0 spiro atoms. The van der Waals surface area contributed by atoms with Gasteiger partial charge in [-0.3, -0.25) is 0 Å². The van der Waals surface area contributed by atoms with Gasteiger partial charge in [0.2, 0.25) is 5.95 Å². The zero-order valence-electron chi connectivity index (χ0n) is 19.1. The summed E-state index contributed by atoms with van der Waals surface area (Å²) < 4.78 is 19.2. The summed E-state index contributed by atoms with van der Waals surface area (Å²) in [5, 5.41) is 8.04. The predicted octanol–water partition coefficient (Wildman–Crippen LogP) is 4.60. The highest BCUT2D eigenvalue weighted by molar-refractivity contribution is 5.90. The van der Waals surface area contributed by atoms with Crippen molar-refractivity contribution in [1.82, 2.24) is 15.3 Å². The second-order valence-electron chi connectivity index (χ2n) is 8.73.